The van der Waals surface area contributed by atoms with Gasteiger partial charge in [0.2, 0.25) is 11.9 Å². The quantitative estimate of drug-likeness (QED) is 0.277. The minimum absolute atomic E-state index is 0.0173. The molecule has 11 nitrogen and oxygen atoms in total. The molecule has 3 heterocycles. The number of imidazole rings is 1. The number of sulfone groups is 1. The number of amides is 1. The number of hydrogen-bond donors (Lipinski definition) is 2. The lowest BCUT2D eigenvalue weighted by molar-refractivity contribution is 0.0994. The van der Waals surface area contributed by atoms with Crippen LogP contribution in [0.1, 0.15) is 21.7 Å². The van der Waals surface area contributed by atoms with Gasteiger partial charge in [-0.1, -0.05) is 24.3 Å². The predicted molar refractivity (Wildman–Crippen MR) is 150 cm³/mol. The van der Waals surface area contributed by atoms with Crippen LogP contribution in [-0.4, -0.2) is 47.1 Å². The molecular formula is C27H27N7O4S. The molecular weight excluding hydrogens is 518 g/mol. The first-order chi connectivity index (χ1) is 18.7. The molecule has 39 heavy (non-hydrogen) atoms. The molecule has 2 aromatic carbocycles. The molecule has 5 aromatic rings. The van der Waals surface area contributed by atoms with Crippen LogP contribution in [0.3, 0.4) is 0 Å². The Bertz CT molecular complexity index is 1740. The molecule has 0 radical (unpaired) electrons. The van der Waals surface area contributed by atoms with Crippen molar-refractivity contribution in [1.82, 2.24) is 19.5 Å². The molecule has 0 aliphatic carbocycles. The van der Waals surface area contributed by atoms with Crippen LogP contribution in [0.25, 0.3) is 11.0 Å². The van der Waals surface area contributed by atoms with E-state index < -0.39 is 9.84 Å². The number of carbonyl (C=O) groups excluding carboxylic acids is 1. The Morgan fingerprint density at radius 2 is 1.82 bits per heavy atom. The summed E-state index contributed by atoms with van der Waals surface area (Å²) in [5.74, 6) is 1.23. The van der Waals surface area contributed by atoms with Crippen molar-refractivity contribution < 1.29 is 17.6 Å². The van der Waals surface area contributed by atoms with E-state index in [9.17, 15) is 13.2 Å². The summed E-state index contributed by atoms with van der Waals surface area (Å²) < 4.78 is 30.3. The van der Waals surface area contributed by atoms with E-state index in [2.05, 4.69) is 25.6 Å². The number of carbonyl (C=O) groups is 1. The van der Waals surface area contributed by atoms with Crippen molar-refractivity contribution in [2.24, 2.45) is 0 Å². The monoisotopic (exact) mass is 545 g/mol. The highest BCUT2D eigenvalue weighted by atomic mass is 32.2. The van der Waals surface area contributed by atoms with E-state index in [0.29, 0.717) is 29.9 Å². The minimum atomic E-state index is -3.11. The third-order valence-electron chi connectivity index (χ3n) is 5.97. The van der Waals surface area contributed by atoms with Gasteiger partial charge in [-0.2, -0.15) is 4.98 Å². The van der Waals surface area contributed by atoms with E-state index in [-0.39, 0.29) is 17.4 Å². The molecule has 0 fully saturated rings. The van der Waals surface area contributed by atoms with Crippen molar-refractivity contribution in [3.8, 4) is 0 Å². The standard InChI is InChI=1S/C27H27N7O4S/c1-18-13-15-38-24(18)25(35)32-27-30-21-6-4-5-7-22(21)34(27)17-33(2)23-12-14-28-26(31-23)29-20-10-8-19(9-11-20)16-39(3,36)37/h4-15H,16-17H2,1-3H3,(H,28,29,31)(H,30,32,35). The van der Waals surface area contributed by atoms with Gasteiger partial charge in [-0.05, 0) is 48.9 Å². The van der Waals surface area contributed by atoms with Crippen LogP contribution in [-0.2, 0) is 22.3 Å². The summed E-state index contributed by atoms with van der Waals surface area (Å²) in [7, 11) is -1.23. The summed E-state index contributed by atoms with van der Waals surface area (Å²) in [5, 5.41) is 6.02. The lowest BCUT2D eigenvalue weighted by atomic mass is 10.2. The summed E-state index contributed by atoms with van der Waals surface area (Å²) in [6.07, 6.45) is 4.33. The first kappa shape index (κ1) is 25.9. The summed E-state index contributed by atoms with van der Waals surface area (Å²) in [6.45, 7) is 2.14. The predicted octanol–water partition coefficient (Wildman–Crippen LogP) is 4.36. The molecule has 0 bridgehead atoms. The molecule has 0 saturated carbocycles. The van der Waals surface area contributed by atoms with E-state index in [1.807, 2.05) is 40.8 Å². The van der Waals surface area contributed by atoms with Crippen molar-refractivity contribution in [2.45, 2.75) is 19.3 Å². The number of para-hydroxylation sites is 2. The molecule has 3 aromatic heterocycles. The van der Waals surface area contributed by atoms with Crippen LogP contribution in [0.2, 0.25) is 0 Å². The maximum Gasteiger partial charge on any atom is 0.293 e. The number of aryl methyl sites for hydroxylation is 1. The normalized spacial score (nSPS) is 11.5. The van der Waals surface area contributed by atoms with Crippen LogP contribution in [0, 0.1) is 6.92 Å². The third-order valence-corrected chi connectivity index (χ3v) is 6.83. The van der Waals surface area contributed by atoms with Gasteiger partial charge in [0.05, 0.1) is 29.7 Å². The Hall–Kier alpha value is -4.71. The molecule has 0 saturated heterocycles. The SMILES string of the molecule is Cc1ccoc1C(=O)Nc1nc2ccccc2n1CN(C)c1ccnc(Nc2ccc(CS(C)(=O)=O)cc2)n1. The number of fused-ring (bicyclic) bond motifs is 1. The summed E-state index contributed by atoms with van der Waals surface area (Å²) >= 11 is 0. The summed E-state index contributed by atoms with van der Waals surface area (Å²) in [6, 6.07) is 18.2. The van der Waals surface area contributed by atoms with Crippen molar-refractivity contribution >= 4 is 50.2 Å². The highest BCUT2D eigenvalue weighted by Crippen LogP contribution is 2.23. The second kappa shape index (κ2) is 10.6. The maximum absolute atomic E-state index is 12.9. The molecule has 0 spiro atoms. The Labute approximate surface area is 225 Å². The first-order valence-electron chi connectivity index (χ1n) is 12.0. The fourth-order valence-corrected chi connectivity index (χ4v) is 4.90. The average Bonchev–Trinajstić information content (AvgIpc) is 3.48. The van der Waals surface area contributed by atoms with Crippen molar-refractivity contribution in [3.63, 3.8) is 0 Å². The number of hydrogen-bond acceptors (Lipinski definition) is 9. The van der Waals surface area contributed by atoms with Crippen molar-refractivity contribution in [2.75, 3.05) is 28.8 Å². The number of rotatable bonds is 9. The third kappa shape index (κ3) is 6.07. The van der Waals surface area contributed by atoms with E-state index >= 15 is 0 Å². The van der Waals surface area contributed by atoms with Gasteiger partial charge in [0.15, 0.2) is 15.6 Å². The zero-order chi connectivity index (χ0) is 27.6. The van der Waals surface area contributed by atoms with Gasteiger partial charge in [0.1, 0.15) is 5.82 Å². The summed E-state index contributed by atoms with van der Waals surface area (Å²) in [4.78, 5) is 28.3. The van der Waals surface area contributed by atoms with Crippen molar-refractivity contribution in [3.05, 3.63) is 90.0 Å². The molecule has 200 valence electrons. The number of nitrogens with one attached hydrogen (secondary N) is 2. The smallest absolute Gasteiger partial charge is 0.293 e. The molecule has 0 aliphatic heterocycles. The minimum Gasteiger partial charge on any atom is -0.459 e. The molecule has 5 rings (SSSR count). The van der Waals surface area contributed by atoms with Gasteiger partial charge < -0.3 is 14.6 Å². The average molecular weight is 546 g/mol. The van der Waals surface area contributed by atoms with E-state index in [0.717, 1.165) is 22.3 Å². The highest BCUT2D eigenvalue weighted by molar-refractivity contribution is 7.89. The molecule has 0 unspecified atom stereocenters. The maximum atomic E-state index is 12.9. The zero-order valence-electron chi connectivity index (χ0n) is 21.6. The molecule has 2 N–H and O–H groups in total. The van der Waals surface area contributed by atoms with Gasteiger partial charge in [0, 0.05) is 30.8 Å². The van der Waals surface area contributed by atoms with E-state index in [1.54, 1.807) is 49.5 Å². The molecule has 0 atom stereocenters. The first-order valence-corrected chi connectivity index (χ1v) is 14.1. The van der Waals surface area contributed by atoms with E-state index in [1.165, 1.54) is 12.5 Å². The fraction of sp³-hybridized carbons (Fsp3) is 0.185. The number of furan rings is 1. The highest BCUT2D eigenvalue weighted by Gasteiger charge is 2.19. The lowest BCUT2D eigenvalue weighted by Gasteiger charge is -2.21. The van der Waals surface area contributed by atoms with Gasteiger partial charge in [-0.25, -0.2) is 18.4 Å². The zero-order valence-corrected chi connectivity index (χ0v) is 22.4. The molecule has 12 heteroatoms. The second-order valence-electron chi connectivity index (χ2n) is 9.21. The number of aromatic nitrogens is 4. The van der Waals surface area contributed by atoms with Crippen LogP contribution < -0.4 is 15.5 Å². The van der Waals surface area contributed by atoms with E-state index in [4.69, 9.17) is 4.42 Å². The van der Waals surface area contributed by atoms with Crippen LogP contribution in [0.4, 0.5) is 23.4 Å². The van der Waals surface area contributed by atoms with Gasteiger partial charge >= 0.3 is 0 Å². The number of nitrogens with zero attached hydrogens (tertiary/aromatic N) is 5. The second-order valence-corrected chi connectivity index (χ2v) is 11.3. The Kier molecular flexibility index (Phi) is 7.03. The van der Waals surface area contributed by atoms with Crippen LogP contribution >= 0.6 is 0 Å². The van der Waals surface area contributed by atoms with Gasteiger partial charge in [-0.15, -0.1) is 0 Å². The Morgan fingerprint density at radius 1 is 1.05 bits per heavy atom. The number of anilines is 4. The topological polar surface area (TPSA) is 135 Å². The summed E-state index contributed by atoms with van der Waals surface area (Å²) in [5.41, 5.74) is 3.75. The fourth-order valence-electron chi connectivity index (χ4n) is 4.10. The molecule has 0 aliphatic rings. The Balaban J connectivity index is 1.35. The van der Waals surface area contributed by atoms with Gasteiger partial charge in [0.25, 0.3) is 5.91 Å². The lowest BCUT2D eigenvalue weighted by Crippen LogP contribution is -2.25. The van der Waals surface area contributed by atoms with Crippen LogP contribution in [0.5, 0.6) is 0 Å². The Morgan fingerprint density at radius 3 is 2.54 bits per heavy atom. The van der Waals surface area contributed by atoms with Crippen LogP contribution in [0.15, 0.2) is 77.5 Å². The largest absolute Gasteiger partial charge is 0.459 e. The number of benzene rings is 2. The van der Waals surface area contributed by atoms with Gasteiger partial charge in [-0.3, -0.25) is 14.7 Å². The molecule has 1 amide bonds. The van der Waals surface area contributed by atoms with Crippen molar-refractivity contribution in [1.29, 1.82) is 0 Å².